The van der Waals surface area contributed by atoms with Crippen LogP contribution in [-0.4, -0.2) is 77.2 Å². The maximum atomic E-state index is 14.8. The van der Waals surface area contributed by atoms with E-state index in [4.69, 9.17) is 9.47 Å². The second-order valence-electron chi connectivity index (χ2n) is 12.5. The van der Waals surface area contributed by atoms with Crippen molar-refractivity contribution in [1.29, 1.82) is 0 Å². The number of ether oxygens (including phenoxy) is 2. The lowest BCUT2D eigenvalue weighted by molar-refractivity contribution is -0.160. The van der Waals surface area contributed by atoms with Crippen LogP contribution in [0.15, 0.2) is 72.8 Å². The molecule has 0 radical (unpaired) electrons. The van der Waals surface area contributed by atoms with E-state index in [2.05, 4.69) is 5.32 Å². The zero-order valence-electron chi connectivity index (χ0n) is 26.4. The number of anilines is 1. The minimum absolute atomic E-state index is 0.0700. The number of hydrogen-bond donors (Lipinski definition) is 2. The highest BCUT2D eigenvalue weighted by Crippen LogP contribution is 2.54. The van der Waals surface area contributed by atoms with Crippen molar-refractivity contribution in [3.63, 3.8) is 0 Å². The number of nitrogens with zero attached hydrogens (tertiary/aromatic N) is 2. The quantitative estimate of drug-likeness (QED) is 0.385. The van der Waals surface area contributed by atoms with E-state index in [9.17, 15) is 24.3 Å². The van der Waals surface area contributed by atoms with Gasteiger partial charge in [0.05, 0.1) is 31.2 Å². The van der Waals surface area contributed by atoms with Crippen molar-refractivity contribution < 1.29 is 33.8 Å². The summed E-state index contributed by atoms with van der Waals surface area (Å²) in [5.74, 6) is -3.74. The number of carbonyl (C=O) groups excluding carboxylic acids is 4. The molecule has 10 nitrogen and oxygen atoms in total. The summed E-state index contributed by atoms with van der Waals surface area (Å²) < 4.78 is 12.9. The van der Waals surface area contributed by atoms with E-state index in [0.29, 0.717) is 18.4 Å². The summed E-state index contributed by atoms with van der Waals surface area (Å²) in [6, 6.07) is 13.2. The smallest absolute Gasteiger partial charge is 0.313 e. The number of cyclic esters (lactones) is 1. The Hall–Kier alpha value is -4.28. The predicted molar refractivity (Wildman–Crippen MR) is 170 cm³/mol. The molecule has 0 aliphatic carbocycles. The van der Waals surface area contributed by atoms with Gasteiger partial charge in [0.25, 0.3) is 5.91 Å². The van der Waals surface area contributed by atoms with Crippen molar-refractivity contribution in [3.05, 3.63) is 89.5 Å². The summed E-state index contributed by atoms with van der Waals surface area (Å²) in [4.78, 5) is 59.5. The molecule has 4 heterocycles. The number of para-hydroxylation sites is 1. The Morgan fingerprint density at radius 2 is 1.74 bits per heavy atom. The number of esters is 1. The Balaban J connectivity index is 1.47. The zero-order valence-corrected chi connectivity index (χ0v) is 26.4. The molecule has 4 aliphatic rings. The summed E-state index contributed by atoms with van der Waals surface area (Å²) >= 11 is 0. The van der Waals surface area contributed by atoms with Crippen molar-refractivity contribution >= 4 is 29.4 Å². The SMILES string of the molecule is CC[C@@H](CO)N1C(=O)[C@H]2[C@@H]3C(=O)O[C@@H](c4ccccc4)CNC(=O)CC/C=C\[C@@H]3O[C@]23C=CCN(c2c(C)cccc2C)C(=O)[C@H]13. The molecule has 0 bridgehead atoms. The Morgan fingerprint density at radius 3 is 2.43 bits per heavy atom. The number of aryl methyl sites for hydroxylation is 2. The highest BCUT2D eigenvalue weighted by molar-refractivity contribution is 6.06. The number of likely N-dealkylation sites (tertiary alicyclic amines) is 1. The summed E-state index contributed by atoms with van der Waals surface area (Å²) in [6.45, 7) is 5.70. The number of rotatable bonds is 5. The first-order chi connectivity index (χ1) is 22.2. The maximum absolute atomic E-state index is 14.8. The van der Waals surface area contributed by atoms with Gasteiger partial charge in [-0.1, -0.05) is 79.8 Å². The van der Waals surface area contributed by atoms with E-state index >= 15 is 0 Å². The fourth-order valence-electron chi connectivity index (χ4n) is 7.59. The molecule has 6 rings (SSSR count). The van der Waals surface area contributed by atoms with Gasteiger partial charge in [0.15, 0.2) is 0 Å². The fourth-order valence-corrected chi connectivity index (χ4v) is 7.59. The number of amides is 3. The molecule has 2 N–H and O–H groups in total. The first kappa shape index (κ1) is 31.7. The van der Waals surface area contributed by atoms with Gasteiger partial charge in [-0.3, -0.25) is 19.2 Å². The van der Waals surface area contributed by atoms with Crippen LogP contribution in [0.2, 0.25) is 0 Å². The average Bonchev–Trinajstić information content (AvgIpc) is 3.44. The molecule has 242 valence electrons. The van der Waals surface area contributed by atoms with E-state index < -0.39 is 53.6 Å². The van der Waals surface area contributed by atoms with Crippen LogP contribution in [0.25, 0.3) is 0 Å². The first-order valence-corrected chi connectivity index (χ1v) is 16.1. The van der Waals surface area contributed by atoms with Gasteiger partial charge in [-0.25, -0.2) is 0 Å². The number of hydrogen-bond acceptors (Lipinski definition) is 7. The van der Waals surface area contributed by atoms with Crippen LogP contribution in [0.4, 0.5) is 5.69 Å². The lowest BCUT2D eigenvalue weighted by atomic mass is 9.77. The minimum Gasteiger partial charge on any atom is -0.455 e. The van der Waals surface area contributed by atoms with E-state index in [1.807, 2.05) is 75.4 Å². The summed E-state index contributed by atoms with van der Waals surface area (Å²) in [7, 11) is 0. The second kappa shape index (κ2) is 12.8. The molecule has 0 saturated carbocycles. The maximum Gasteiger partial charge on any atom is 0.313 e. The molecule has 46 heavy (non-hydrogen) atoms. The fraction of sp³-hybridized carbons (Fsp3) is 0.444. The summed E-state index contributed by atoms with van der Waals surface area (Å²) in [6.07, 6.45) is 6.47. The Bertz CT molecular complexity index is 1550. The van der Waals surface area contributed by atoms with Gasteiger partial charge in [0.2, 0.25) is 11.8 Å². The van der Waals surface area contributed by atoms with E-state index in [-0.39, 0.29) is 37.9 Å². The third-order valence-electron chi connectivity index (χ3n) is 9.77. The molecule has 0 aromatic heterocycles. The summed E-state index contributed by atoms with van der Waals surface area (Å²) in [5, 5.41) is 13.3. The molecule has 3 amide bonds. The molecule has 2 aromatic carbocycles. The minimum atomic E-state index is -1.49. The molecule has 1 spiro atoms. The predicted octanol–water partition coefficient (Wildman–Crippen LogP) is 3.31. The molecular formula is C36H41N3O7. The lowest BCUT2D eigenvalue weighted by Gasteiger charge is -2.38. The van der Waals surface area contributed by atoms with Crippen LogP contribution in [0, 0.1) is 25.7 Å². The van der Waals surface area contributed by atoms with Crippen molar-refractivity contribution in [2.75, 3.05) is 24.6 Å². The molecule has 2 aromatic rings. The molecule has 0 unspecified atom stereocenters. The normalized spacial score (nSPS) is 31.1. The Morgan fingerprint density at radius 1 is 1.00 bits per heavy atom. The highest BCUT2D eigenvalue weighted by Gasteiger charge is 2.72. The first-order valence-electron chi connectivity index (χ1n) is 16.1. The third kappa shape index (κ3) is 5.33. The molecule has 2 saturated heterocycles. The second-order valence-corrected chi connectivity index (χ2v) is 12.5. The van der Waals surface area contributed by atoms with Gasteiger partial charge < -0.3 is 29.7 Å². The van der Waals surface area contributed by atoms with Gasteiger partial charge in [-0.2, -0.15) is 0 Å². The number of benzene rings is 2. The summed E-state index contributed by atoms with van der Waals surface area (Å²) in [5.41, 5.74) is 1.79. The largest absolute Gasteiger partial charge is 0.455 e. The number of nitrogens with one attached hydrogen (secondary N) is 1. The van der Waals surface area contributed by atoms with Crippen LogP contribution >= 0.6 is 0 Å². The van der Waals surface area contributed by atoms with Crippen LogP contribution in [-0.2, 0) is 28.7 Å². The molecule has 7 atom stereocenters. The van der Waals surface area contributed by atoms with Crippen LogP contribution in [0.3, 0.4) is 0 Å². The van der Waals surface area contributed by atoms with Gasteiger partial charge in [0.1, 0.15) is 23.7 Å². The standard InChI is InChI=1S/C36H41N3O7/c1-4-25(21-40)39-32-34(43)38(31-22(2)12-10-13-23(31)3)19-11-18-36(32)30(33(39)42)29-26(46-36)16-8-9-17-28(41)37-20-27(45-35(29)44)24-14-6-5-7-15-24/h5-8,10-16,18,25-27,29-30,32,40H,4,9,17,19-21H2,1-3H3,(H,37,41)/b16-8-/t25-,26-,27+,29+,30+,32-,36+/m0/s1. The van der Waals surface area contributed by atoms with E-state index in [1.165, 1.54) is 4.90 Å². The van der Waals surface area contributed by atoms with E-state index in [1.54, 1.807) is 23.1 Å². The topological polar surface area (TPSA) is 125 Å². The van der Waals surface area contributed by atoms with Crippen molar-refractivity contribution in [3.8, 4) is 0 Å². The number of carbonyl (C=O) groups is 4. The highest BCUT2D eigenvalue weighted by atomic mass is 16.6. The number of aliphatic hydroxyl groups is 1. The van der Waals surface area contributed by atoms with Crippen LogP contribution < -0.4 is 10.2 Å². The Labute approximate surface area is 269 Å². The molecule has 10 heteroatoms. The van der Waals surface area contributed by atoms with Crippen molar-refractivity contribution in [2.24, 2.45) is 11.8 Å². The van der Waals surface area contributed by atoms with Crippen LogP contribution in [0.5, 0.6) is 0 Å². The molecule has 4 aliphatic heterocycles. The number of allylic oxidation sites excluding steroid dienone is 1. The van der Waals surface area contributed by atoms with Gasteiger partial charge in [-0.15, -0.1) is 0 Å². The van der Waals surface area contributed by atoms with Gasteiger partial charge in [-0.05, 0) is 43.4 Å². The molecule has 2 fully saturated rings. The van der Waals surface area contributed by atoms with E-state index in [0.717, 1.165) is 16.8 Å². The number of fused-ring (bicyclic) bond motifs is 2. The van der Waals surface area contributed by atoms with Crippen molar-refractivity contribution in [1.82, 2.24) is 10.2 Å². The monoisotopic (exact) mass is 627 g/mol. The Kier molecular flexibility index (Phi) is 8.85. The molecular weight excluding hydrogens is 586 g/mol. The van der Waals surface area contributed by atoms with Gasteiger partial charge in [0, 0.05) is 18.7 Å². The third-order valence-corrected chi connectivity index (χ3v) is 9.77. The zero-order chi connectivity index (χ0) is 32.6. The van der Waals surface area contributed by atoms with Gasteiger partial charge >= 0.3 is 5.97 Å². The lowest BCUT2D eigenvalue weighted by Crippen LogP contribution is -2.58. The number of aliphatic hydroxyl groups excluding tert-OH is 1. The average molecular weight is 628 g/mol. The van der Waals surface area contributed by atoms with Crippen LogP contribution in [0.1, 0.15) is 49.0 Å². The van der Waals surface area contributed by atoms with Crippen molar-refractivity contribution in [2.45, 2.75) is 69.9 Å².